The smallest absolute Gasteiger partial charge is 0.347 e. The third-order valence-corrected chi connectivity index (χ3v) is 2.89. The molecule has 0 amide bonds. The number of rotatable bonds is 8. The average molecular weight is 288 g/mol. The first kappa shape index (κ1) is 18.9. The molecule has 118 valence electrons. The fraction of sp³-hybridized carbons (Fsp3) is 0.867. The molecular weight excluding hydrogens is 260 g/mol. The van der Waals surface area contributed by atoms with Crippen LogP contribution in [0, 0.1) is 11.8 Å². The number of aliphatic hydroxyl groups is 1. The molecule has 0 aliphatic rings. The topological polar surface area (TPSA) is 72.8 Å². The number of carbonyl (C=O) groups excluding carboxylic acids is 2. The molecule has 0 aliphatic heterocycles. The Labute approximate surface area is 121 Å². The Morgan fingerprint density at radius 1 is 0.900 bits per heavy atom. The van der Waals surface area contributed by atoms with Crippen LogP contribution in [0.25, 0.3) is 0 Å². The lowest BCUT2D eigenvalue weighted by Gasteiger charge is -2.21. The summed E-state index contributed by atoms with van der Waals surface area (Å²) >= 11 is 0. The Morgan fingerprint density at radius 3 is 1.90 bits per heavy atom. The van der Waals surface area contributed by atoms with Crippen molar-refractivity contribution in [3.05, 3.63) is 0 Å². The summed E-state index contributed by atoms with van der Waals surface area (Å²) in [7, 11) is 0. The van der Waals surface area contributed by atoms with E-state index in [0.29, 0.717) is 11.8 Å². The van der Waals surface area contributed by atoms with E-state index in [2.05, 4.69) is 20.8 Å². The molecule has 0 fully saturated rings. The lowest BCUT2D eigenvalue weighted by molar-refractivity contribution is -0.174. The second-order valence-electron chi connectivity index (χ2n) is 5.97. The highest BCUT2D eigenvalue weighted by atomic mass is 16.6. The van der Waals surface area contributed by atoms with Crippen LogP contribution >= 0.6 is 0 Å². The van der Waals surface area contributed by atoms with Gasteiger partial charge >= 0.3 is 11.9 Å². The van der Waals surface area contributed by atoms with E-state index in [-0.39, 0.29) is 6.10 Å². The second kappa shape index (κ2) is 8.95. The molecule has 0 saturated carbocycles. The highest BCUT2D eigenvalue weighted by Gasteiger charge is 2.24. The van der Waals surface area contributed by atoms with Crippen molar-refractivity contribution in [2.75, 3.05) is 0 Å². The van der Waals surface area contributed by atoms with Crippen molar-refractivity contribution in [2.45, 2.75) is 72.7 Å². The van der Waals surface area contributed by atoms with Gasteiger partial charge in [0.25, 0.3) is 0 Å². The van der Waals surface area contributed by atoms with E-state index in [9.17, 15) is 9.59 Å². The second-order valence-corrected chi connectivity index (χ2v) is 5.97. The molecule has 0 rings (SSSR count). The van der Waals surface area contributed by atoms with E-state index in [0.717, 1.165) is 12.8 Å². The SMILES string of the molecule is CC(C)C[C@@H](C)CC(C)OC(=O)C(C)OC(=O)C(C)O. The van der Waals surface area contributed by atoms with E-state index >= 15 is 0 Å². The summed E-state index contributed by atoms with van der Waals surface area (Å²) in [5, 5.41) is 9.01. The molecule has 0 saturated heterocycles. The van der Waals surface area contributed by atoms with Gasteiger partial charge in [0.15, 0.2) is 6.10 Å². The summed E-state index contributed by atoms with van der Waals surface area (Å²) in [6.45, 7) is 11.0. The summed E-state index contributed by atoms with van der Waals surface area (Å²) in [5.41, 5.74) is 0. The summed E-state index contributed by atoms with van der Waals surface area (Å²) in [4.78, 5) is 22.9. The van der Waals surface area contributed by atoms with Crippen LogP contribution in [-0.2, 0) is 19.1 Å². The van der Waals surface area contributed by atoms with Crippen molar-refractivity contribution in [3.8, 4) is 0 Å². The number of hydrogen-bond donors (Lipinski definition) is 1. The van der Waals surface area contributed by atoms with Gasteiger partial charge in [-0.05, 0) is 45.4 Å². The number of esters is 2. The third-order valence-electron chi connectivity index (χ3n) is 2.89. The van der Waals surface area contributed by atoms with E-state index in [1.54, 1.807) is 0 Å². The Hall–Kier alpha value is -1.10. The predicted molar refractivity (Wildman–Crippen MR) is 76.0 cm³/mol. The van der Waals surface area contributed by atoms with Gasteiger partial charge < -0.3 is 14.6 Å². The first-order chi connectivity index (χ1) is 9.13. The van der Waals surface area contributed by atoms with Gasteiger partial charge in [0.2, 0.25) is 0 Å². The van der Waals surface area contributed by atoms with Gasteiger partial charge in [0, 0.05) is 0 Å². The van der Waals surface area contributed by atoms with Crippen molar-refractivity contribution in [1.29, 1.82) is 0 Å². The largest absolute Gasteiger partial charge is 0.460 e. The van der Waals surface area contributed by atoms with Gasteiger partial charge in [0.05, 0.1) is 6.10 Å². The standard InChI is InChI=1S/C15H28O5/c1-9(2)7-10(3)8-11(4)19-15(18)13(6)20-14(17)12(5)16/h9-13,16H,7-8H2,1-6H3/t10-,11?,12?,13?/m1/s1. The van der Waals surface area contributed by atoms with Crippen LogP contribution in [0.2, 0.25) is 0 Å². The molecule has 5 heteroatoms. The molecule has 0 spiro atoms. The Morgan fingerprint density at radius 2 is 1.45 bits per heavy atom. The maximum atomic E-state index is 11.7. The van der Waals surface area contributed by atoms with Crippen molar-refractivity contribution >= 4 is 11.9 Å². The minimum atomic E-state index is -1.24. The van der Waals surface area contributed by atoms with Crippen LogP contribution < -0.4 is 0 Å². The highest BCUT2D eigenvalue weighted by Crippen LogP contribution is 2.18. The van der Waals surface area contributed by atoms with E-state index in [4.69, 9.17) is 14.6 Å². The van der Waals surface area contributed by atoms with Gasteiger partial charge in [0.1, 0.15) is 6.10 Å². The average Bonchev–Trinajstić information content (AvgIpc) is 2.26. The Balaban J connectivity index is 4.15. The molecule has 0 radical (unpaired) electrons. The van der Waals surface area contributed by atoms with Gasteiger partial charge in [-0.15, -0.1) is 0 Å². The Bertz CT molecular complexity index is 311. The zero-order chi connectivity index (χ0) is 15.9. The van der Waals surface area contributed by atoms with Crippen LogP contribution in [0.3, 0.4) is 0 Å². The van der Waals surface area contributed by atoms with Crippen LogP contribution in [0.4, 0.5) is 0 Å². The summed E-state index contributed by atoms with van der Waals surface area (Å²) < 4.78 is 10.0. The van der Waals surface area contributed by atoms with Crippen LogP contribution in [0.5, 0.6) is 0 Å². The van der Waals surface area contributed by atoms with Crippen molar-refractivity contribution in [2.24, 2.45) is 11.8 Å². The zero-order valence-electron chi connectivity index (χ0n) is 13.4. The predicted octanol–water partition coefficient (Wildman–Crippen LogP) is 2.30. The number of hydrogen-bond acceptors (Lipinski definition) is 5. The normalized spacial score (nSPS) is 17.2. The zero-order valence-corrected chi connectivity index (χ0v) is 13.4. The fourth-order valence-electron chi connectivity index (χ4n) is 2.13. The molecular formula is C15H28O5. The number of ether oxygens (including phenoxy) is 2. The number of aliphatic hydroxyl groups excluding tert-OH is 1. The lowest BCUT2D eigenvalue weighted by Crippen LogP contribution is -2.32. The lowest BCUT2D eigenvalue weighted by atomic mass is 9.94. The van der Waals surface area contributed by atoms with Gasteiger partial charge in [-0.25, -0.2) is 9.59 Å². The molecule has 0 aromatic heterocycles. The molecule has 0 aliphatic carbocycles. The van der Waals surface area contributed by atoms with Crippen LogP contribution in [-0.4, -0.2) is 35.4 Å². The highest BCUT2D eigenvalue weighted by molar-refractivity contribution is 5.80. The molecule has 5 nitrogen and oxygen atoms in total. The molecule has 0 heterocycles. The van der Waals surface area contributed by atoms with E-state index < -0.39 is 24.1 Å². The van der Waals surface area contributed by atoms with Gasteiger partial charge in [-0.3, -0.25) is 0 Å². The van der Waals surface area contributed by atoms with E-state index in [1.165, 1.54) is 13.8 Å². The molecule has 1 N–H and O–H groups in total. The van der Waals surface area contributed by atoms with Crippen LogP contribution in [0.1, 0.15) is 54.4 Å². The minimum absolute atomic E-state index is 0.219. The van der Waals surface area contributed by atoms with Crippen molar-refractivity contribution in [3.63, 3.8) is 0 Å². The van der Waals surface area contributed by atoms with E-state index in [1.807, 2.05) is 6.92 Å². The monoisotopic (exact) mass is 288 g/mol. The number of carbonyl (C=O) groups is 2. The van der Waals surface area contributed by atoms with Gasteiger partial charge in [-0.2, -0.15) is 0 Å². The first-order valence-electron chi connectivity index (χ1n) is 7.22. The summed E-state index contributed by atoms with van der Waals surface area (Å²) in [6, 6.07) is 0. The molecule has 20 heavy (non-hydrogen) atoms. The molecule has 4 atom stereocenters. The van der Waals surface area contributed by atoms with Crippen molar-refractivity contribution in [1.82, 2.24) is 0 Å². The quantitative estimate of drug-likeness (QED) is 0.694. The molecule has 3 unspecified atom stereocenters. The minimum Gasteiger partial charge on any atom is -0.460 e. The summed E-state index contributed by atoms with van der Waals surface area (Å²) in [6.07, 6.45) is -0.604. The van der Waals surface area contributed by atoms with Gasteiger partial charge in [-0.1, -0.05) is 20.8 Å². The van der Waals surface area contributed by atoms with Crippen LogP contribution in [0.15, 0.2) is 0 Å². The fourth-order valence-corrected chi connectivity index (χ4v) is 2.13. The maximum Gasteiger partial charge on any atom is 0.347 e. The maximum absolute atomic E-state index is 11.7. The molecule has 0 aromatic rings. The summed E-state index contributed by atoms with van der Waals surface area (Å²) in [5.74, 6) is -0.328. The van der Waals surface area contributed by atoms with Crippen molar-refractivity contribution < 1.29 is 24.2 Å². The Kier molecular flexibility index (Phi) is 8.46. The molecule has 0 bridgehead atoms. The first-order valence-corrected chi connectivity index (χ1v) is 7.22. The third kappa shape index (κ3) is 8.15. The molecule has 0 aromatic carbocycles.